The summed E-state index contributed by atoms with van der Waals surface area (Å²) in [6.07, 6.45) is 1.16. The zero-order valence-electron chi connectivity index (χ0n) is 12.0. The van der Waals surface area contributed by atoms with Crippen LogP contribution < -0.4 is 0 Å². The van der Waals surface area contributed by atoms with Gasteiger partial charge < -0.3 is 9.80 Å². The zero-order valence-corrected chi connectivity index (χ0v) is 12.0. The molecule has 1 aliphatic heterocycles. The predicted octanol–water partition coefficient (Wildman–Crippen LogP) is 1.20. The molecule has 1 aromatic rings. The van der Waals surface area contributed by atoms with E-state index in [1.807, 2.05) is 36.4 Å². The van der Waals surface area contributed by atoms with E-state index >= 15 is 0 Å². The van der Waals surface area contributed by atoms with Gasteiger partial charge in [-0.3, -0.25) is 9.59 Å². The molecule has 0 bridgehead atoms. The maximum Gasteiger partial charge on any atom is 0.236 e. The molecule has 1 aromatic carbocycles. The van der Waals surface area contributed by atoms with Crippen LogP contribution in [0.2, 0.25) is 0 Å². The Morgan fingerprint density at radius 3 is 2.14 bits per heavy atom. The summed E-state index contributed by atoms with van der Waals surface area (Å²) in [5, 5.41) is 8.52. The second-order valence-electron chi connectivity index (χ2n) is 5.08. The van der Waals surface area contributed by atoms with Gasteiger partial charge in [0.2, 0.25) is 11.8 Å². The molecule has 1 heterocycles. The molecule has 0 atom stereocenters. The van der Waals surface area contributed by atoms with Gasteiger partial charge in [-0.15, -0.1) is 0 Å². The lowest BCUT2D eigenvalue weighted by atomic mass is 10.1. The first-order valence-electron chi connectivity index (χ1n) is 7.17. The number of rotatable bonds is 4. The molecule has 1 aliphatic rings. The standard InChI is InChI=1S/C16H19N3O2/c17-9-8-16(21)19-12-10-18(11-13-19)15(20)7-6-14-4-2-1-3-5-14/h1-5H,6-8,10-13H2. The van der Waals surface area contributed by atoms with Crippen LogP contribution in [0.5, 0.6) is 0 Å². The van der Waals surface area contributed by atoms with E-state index in [4.69, 9.17) is 5.26 Å². The maximum atomic E-state index is 12.1. The van der Waals surface area contributed by atoms with Crippen LogP contribution in [0.25, 0.3) is 0 Å². The molecule has 2 rings (SSSR count). The van der Waals surface area contributed by atoms with E-state index in [-0.39, 0.29) is 18.2 Å². The molecule has 0 N–H and O–H groups in total. The molecule has 0 spiro atoms. The van der Waals surface area contributed by atoms with Crippen LogP contribution >= 0.6 is 0 Å². The van der Waals surface area contributed by atoms with Crippen LogP contribution in [-0.4, -0.2) is 47.8 Å². The highest BCUT2D eigenvalue weighted by Gasteiger charge is 2.23. The van der Waals surface area contributed by atoms with E-state index < -0.39 is 0 Å². The molecule has 0 radical (unpaired) electrons. The van der Waals surface area contributed by atoms with Gasteiger partial charge in [-0.25, -0.2) is 0 Å². The Morgan fingerprint density at radius 2 is 1.57 bits per heavy atom. The number of piperazine rings is 1. The number of carbonyl (C=O) groups excluding carboxylic acids is 2. The van der Waals surface area contributed by atoms with E-state index in [0.717, 1.165) is 12.0 Å². The monoisotopic (exact) mass is 285 g/mol. The highest BCUT2D eigenvalue weighted by molar-refractivity contribution is 5.79. The molecule has 2 amide bonds. The summed E-state index contributed by atoms with van der Waals surface area (Å²) in [7, 11) is 0. The summed E-state index contributed by atoms with van der Waals surface area (Å²) < 4.78 is 0. The second kappa shape index (κ2) is 7.44. The van der Waals surface area contributed by atoms with Crippen molar-refractivity contribution in [2.75, 3.05) is 26.2 Å². The first-order valence-corrected chi connectivity index (χ1v) is 7.17. The summed E-state index contributed by atoms with van der Waals surface area (Å²) in [5.41, 5.74) is 1.16. The average molecular weight is 285 g/mol. The highest BCUT2D eigenvalue weighted by atomic mass is 16.2. The normalized spacial score (nSPS) is 14.6. The number of benzene rings is 1. The van der Waals surface area contributed by atoms with Gasteiger partial charge in [0.1, 0.15) is 6.42 Å². The summed E-state index contributed by atoms with van der Waals surface area (Å²) in [5.74, 6) is -0.0138. The minimum atomic E-state index is -0.145. The molecule has 110 valence electrons. The van der Waals surface area contributed by atoms with Crippen molar-refractivity contribution in [3.05, 3.63) is 35.9 Å². The van der Waals surface area contributed by atoms with E-state index in [0.29, 0.717) is 32.6 Å². The Hall–Kier alpha value is -2.35. The summed E-state index contributed by atoms with van der Waals surface area (Å²) in [6, 6.07) is 11.8. The van der Waals surface area contributed by atoms with Gasteiger partial charge in [-0.2, -0.15) is 5.26 Å². The van der Waals surface area contributed by atoms with Crippen molar-refractivity contribution < 1.29 is 9.59 Å². The first-order chi connectivity index (χ1) is 10.2. The molecule has 21 heavy (non-hydrogen) atoms. The molecule has 1 saturated heterocycles. The summed E-state index contributed by atoms with van der Waals surface area (Å²) >= 11 is 0. The van der Waals surface area contributed by atoms with Crippen molar-refractivity contribution in [3.63, 3.8) is 0 Å². The Kier molecular flexibility index (Phi) is 5.33. The number of aryl methyl sites for hydroxylation is 1. The van der Waals surface area contributed by atoms with Gasteiger partial charge in [-0.1, -0.05) is 30.3 Å². The largest absolute Gasteiger partial charge is 0.339 e. The Morgan fingerprint density at radius 1 is 1.00 bits per heavy atom. The number of hydrogen-bond acceptors (Lipinski definition) is 3. The first kappa shape index (κ1) is 15.0. The summed E-state index contributed by atoms with van der Waals surface area (Å²) in [6.45, 7) is 2.17. The minimum Gasteiger partial charge on any atom is -0.339 e. The quantitative estimate of drug-likeness (QED) is 0.835. The van der Waals surface area contributed by atoms with E-state index in [2.05, 4.69) is 0 Å². The van der Waals surface area contributed by atoms with Gasteiger partial charge in [0.15, 0.2) is 0 Å². The van der Waals surface area contributed by atoms with E-state index in [1.165, 1.54) is 0 Å². The van der Waals surface area contributed by atoms with Crippen molar-refractivity contribution in [1.82, 2.24) is 9.80 Å². The number of hydrogen-bond donors (Lipinski definition) is 0. The molecule has 0 saturated carbocycles. The molecule has 0 aromatic heterocycles. The van der Waals surface area contributed by atoms with Crippen molar-refractivity contribution in [3.8, 4) is 6.07 Å². The van der Waals surface area contributed by atoms with Crippen LogP contribution in [0.3, 0.4) is 0 Å². The molecule has 1 fully saturated rings. The van der Waals surface area contributed by atoms with Gasteiger partial charge in [-0.05, 0) is 12.0 Å². The van der Waals surface area contributed by atoms with Crippen LogP contribution in [0.15, 0.2) is 30.3 Å². The van der Waals surface area contributed by atoms with E-state index in [9.17, 15) is 9.59 Å². The number of nitriles is 1. The molecule has 5 heteroatoms. The van der Waals surface area contributed by atoms with Crippen molar-refractivity contribution >= 4 is 11.8 Å². The second-order valence-corrected chi connectivity index (χ2v) is 5.08. The zero-order chi connectivity index (χ0) is 15.1. The maximum absolute atomic E-state index is 12.1. The summed E-state index contributed by atoms with van der Waals surface area (Å²) in [4.78, 5) is 27.2. The smallest absolute Gasteiger partial charge is 0.236 e. The lowest BCUT2D eigenvalue weighted by Crippen LogP contribution is -2.50. The van der Waals surface area contributed by atoms with Crippen molar-refractivity contribution in [2.24, 2.45) is 0 Å². The number of amides is 2. The van der Waals surface area contributed by atoms with Crippen LogP contribution in [0.1, 0.15) is 18.4 Å². The third-order valence-electron chi connectivity index (χ3n) is 3.69. The van der Waals surface area contributed by atoms with Crippen molar-refractivity contribution in [2.45, 2.75) is 19.3 Å². The fourth-order valence-corrected chi connectivity index (χ4v) is 2.44. The third-order valence-corrected chi connectivity index (χ3v) is 3.69. The molecule has 0 unspecified atom stereocenters. The van der Waals surface area contributed by atoms with Crippen LogP contribution in [-0.2, 0) is 16.0 Å². The van der Waals surface area contributed by atoms with E-state index in [1.54, 1.807) is 9.80 Å². The highest BCUT2D eigenvalue weighted by Crippen LogP contribution is 2.08. The SMILES string of the molecule is N#CCC(=O)N1CCN(C(=O)CCc2ccccc2)CC1. The van der Waals surface area contributed by atoms with Gasteiger partial charge in [0.05, 0.1) is 6.07 Å². The van der Waals surface area contributed by atoms with Gasteiger partial charge >= 0.3 is 0 Å². The average Bonchev–Trinajstić information content (AvgIpc) is 2.54. The lowest BCUT2D eigenvalue weighted by Gasteiger charge is -2.34. The van der Waals surface area contributed by atoms with Gasteiger partial charge in [0.25, 0.3) is 0 Å². The minimum absolute atomic E-state index is 0.0814. The fourth-order valence-electron chi connectivity index (χ4n) is 2.44. The number of nitrogens with zero attached hydrogens (tertiary/aromatic N) is 3. The van der Waals surface area contributed by atoms with Gasteiger partial charge in [0, 0.05) is 32.6 Å². The van der Waals surface area contributed by atoms with Crippen LogP contribution in [0.4, 0.5) is 0 Å². The van der Waals surface area contributed by atoms with Crippen LogP contribution in [0, 0.1) is 11.3 Å². The number of carbonyl (C=O) groups is 2. The fraction of sp³-hybridized carbons (Fsp3) is 0.438. The molecular weight excluding hydrogens is 266 g/mol. The molecule has 5 nitrogen and oxygen atoms in total. The Labute approximate surface area is 124 Å². The molecular formula is C16H19N3O2. The molecule has 0 aliphatic carbocycles. The topological polar surface area (TPSA) is 64.4 Å². The lowest BCUT2D eigenvalue weighted by molar-refractivity contribution is -0.139. The predicted molar refractivity (Wildman–Crippen MR) is 78.2 cm³/mol. The van der Waals surface area contributed by atoms with Crippen molar-refractivity contribution in [1.29, 1.82) is 5.26 Å². The Bertz CT molecular complexity index is 528. The Balaban J connectivity index is 1.76. The third kappa shape index (κ3) is 4.32.